The number of carboxylic acid groups (broad SMARTS) is 2. The van der Waals surface area contributed by atoms with Gasteiger partial charge in [-0.3, -0.25) is 9.59 Å². The van der Waals surface area contributed by atoms with Gasteiger partial charge in [0, 0.05) is 11.8 Å². The maximum atomic E-state index is 11.7. The summed E-state index contributed by atoms with van der Waals surface area (Å²) in [6, 6.07) is 0.364. The van der Waals surface area contributed by atoms with Crippen molar-refractivity contribution in [2.24, 2.45) is 0 Å². The molecule has 1 heterocycles. The Hall–Kier alpha value is -1.41. The van der Waals surface area contributed by atoms with E-state index in [4.69, 9.17) is 10.2 Å². The Morgan fingerprint density at radius 1 is 1.39 bits per heavy atom. The monoisotopic (exact) mass is 335 g/mol. The van der Waals surface area contributed by atoms with E-state index in [-0.39, 0.29) is 12.8 Å². The largest absolute Gasteiger partial charge is 0.481 e. The topological polar surface area (TPSA) is 104 Å². The molecule has 0 saturated heterocycles. The van der Waals surface area contributed by atoms with Gasteiger partial charge in [0.15, 0.2) is 0 Å². The van der Waals surface area contributed by atoms with E-state index in [1.807, 2.05) is 0 Å². The van der Waals surface area contributed by atoms with E-state index >= 15 is 0 Å². The van der Waals surface area contributed by atoms with Gasteiger partial charge in [-0.15, -0.1) is 11.3 Å². The predicted molar refractivity (Wildman–Crippen MR) is 67.8 cm³/mol. The van der Waals surface area contributed by atoms with Crippen LogP contribution in [-0.4, -0.2) is 34.1 Å². The van der Waals surface area contributed by atoms with E-state index in [2.05, 4.69) is 21.2 Å². The van der Waals surface area contributed by atoms with Crippen molar-refractivity contribution in [3.63, 3.8) is 0 Å². The third-order valence-electron chi connectivity index (χ3n) is 2.08. The number of hydrogen-bond donors (Lipinski definition) is 3. The average molecular weight is 336 g/mol. The number of carboxylic acids is 2. The minimum Gasteiger partial charge on any atom is -0.481 e. The van der Waals surface area contributed by atoms with Gasteiger partial charge in [0.2, 0.25) is 0 Å². The summed E-state index contributed by atoms with van der Waals surface area (Å²) >= 11 is 4.49. The summed E-state index contributed by atoms with van der Waals surface area (Å²) in [5.74, 6) is -2.89. The standard InChI is InChI=1S/C10H10BrNO5S/c11-7-3-5(4-18-7)9(15)12-6(10(16)17)1-2-8(13)14/h3-4,6H,1-2H2,(H,12,15)(H,13,14)(H,16,17)/t6-/m0/s1. The normalized spacial score (nSPS) is 11.8. The quantitative estimate of drug-likeness (QED) is 0.731. The van der Waals surface area contributed by atoms with Crippen LogP contribution in [0.1, 0.15) is 23.2 Å². The van der Waals surface area contributed by atoms with Crippen LogP contribution in [-0.2, 0) is 9.59 Å². The molecule has 0 spiro atoms. The van der Waals surface area contributed by atoms with Crippen LogP contribution in [0.4, 0.5) is 0 Å². The molecule has 98 valence electrons. The van der Waals surface area contributed by atoms with Crippen LogP contribution in [0.15, 0.2) is 15.2 Å². The fraction of sp³-hybridized carbons (Fsp3) is 0.300. The molecule has 0 fully saturated rings. The van der Waals surface area contributed by atoms with Crippen LogP contribution in [0.2, 0.25) is 0 Å². The van der Waals surface area contributed by atoms with E-state index in [1.54, 1.807) is 11.4 Å². The lowest BCUT2D eigenvalue weighted by molar-refractivity contribution is -0.140. The lowest BCUT2D eigenvalue weighted by Crippen LogP contribution is -2.40. The maximum absolute atomic E-state index is 11.7. The summed E-state index contributed by atoms with van der Waals surface area (Å²) in [5.41, 5.74) is 0.341. The Labute approximate surface area is 115 Å². The molecule has 0 aromatic carbocycles. The molecular formula is C10H10BrNO5S. The zero-order valence-corrected chi connectivity index (χ0v) is 11.5. The number of nitrogens with one attached hydrogen (secondary N) is 1. The summed E-state index contributed by atoms with van der Waals surface area (Å²) in [6.07, 6.45) is -0.466. The van der Waals surface area contributed by atoms with Gasteiger partial charge in [-0.05, 0) is 28.4 Å². The number of aliphatic carboxylic acids is 2. The number of thiophene rings is 1. The highest BCUT2D eigenvalue weighted by atomic mass is 79.9. The highest BCUT2D eigenvalue weighted by Gasteiger charge is 2.21. The molecule has 1 aromatic rings. The average Bonchev–Trinajstić information content (AvgIpc) is 2.70. The summed E-state index contributed by atoms with van der Waals surface area (Å²) in [5, 5.41) is 21.2. The summed E-state index contributed by atoms with van der Waals surface area (Å²) in [6.45, 7) is 0. The number of rotatable bonds is 6. The first-order chi connectivity index (χ1) is 8.40. The molecule has 0 radical (unpaired) electrons. The van der Waals surface area contributed by atoms with Crippen molar-refractivity contribution in [3.05, 3.63) is 20.8 Å². The molecule has 0 aliphatic heterocycles. The Kier molecular flexibility index (Phi) is 5.29. The molecule has 0 unspecified atom stereocenters. The van der Waals surface area contributed by atoms with E-state index in [0.29, 0.717) is 5.56 Å². The van der Waals surface area contributed by atoms with E-state index in [0.717, 1.165) is 3.79 Å². The Bertz CT molecular complexity index is 473. The minimum atomic E-state index is -1.25. The number of carbonyl (C=O) groups excluding carboxylic acids is 1. The number of halogens is 1. The maximum Gasteiger partial charge on any atom is 0.326 e. The Morgan fingerprint density at radius 2 is 2.06 bits per heavy atom. The lowest BCUT2D eigenvalue weighted by Gasteiger charge is -2.12. The van der Waals surface area contributed by atoms with E-state index < -0.39 is 23.9 Å². The van der Waals surface area contributed by atoms with Crippen molar-refractivity contribution >= 4 is 45.1 Å². The molecule has 0 bridgehead atoms. The molecule has 3 N–H and O–H groups in total. The smallest absolute Gasteiger partial charge is 0.326 e. The van der Waals surface area contributed by atoms with Crippen molar-refractivity contribution < 1.29 is 24.6 Å². The van der Waals surface area contributed by atoms with Gasteiger partial charge in [0.25, 0.3) is 5.91 Å². The highest BCUT2D eigenvalue weighted by molar-refractivity contribution is 9.11. The molecular weight excluding hydrogens is 326 g/mol. The molecule has 0 aliphatic carbocycles. The highest BCUT2D eigenvalue weighted by Crippen LogP contribution is 2.20. The van der Waals surface area contributed by atoms with Gasteiger partial charge in [0.1, 0.15) is 6.04 Å². The third-order valence-corrected chi connectivity index (χ3v) is 3.58. The molecule has 0 aliphatic rings. The molecule has 0 saturated carbocycles. The van der Waals surface area contributed by atoms with Gasteiger partial charge in [-0.25, -0.2) is 4.79 Å². The predicted octanol–water partition coefficient (Wildman–Crippen LogP) is 1.56. The van der Waals surface area contributed by atoms with Crippen molar-refractivity contribution in [3.8, 4) is 0 Å². The molecule has 1 atom stereocenters. The van der Waals surface area contributed by atoms with Crippen molar-refractivity contribution in [1.29, 1.82) is 0 Å². The van der Waals surface area contributed by atoms with Gasteiger partial charge < -0.3 is 15.5 Å². The number of hydrogen-bond acceptors (Lipinski definition) is 4. The molecule has 1 amide bonds. The molecule has 6 nitrogen and oxygen atoms in total. The minimum absolute atomic E-state index is 0.151. The van der Waals surface area contributed by atoms with Crippen LogP contribution in [0.25, 0.3) is 0 Å². The summed E-state index contributed by atoms with van der Waals surface area (Å²) < 4.78 is 0.755. The Morgan fingerprint density at radius 3 is 2.50 bits per heavy atom. The van der Waals surface area contributed by atoms with Crippen molar-refractivity contribution in [1.82, 2.24) is 5.32 Å². The van der Waals surface area contributed by atoms with Crippen molar-refractivity contribution in [2.45, 2.75) is 18.9 Å². The van der Waals surface area contributed by atoms with Crippen LogP contribution < -0.4 is 5.32 Å². The van der Waals surface area contributed by atoms with Gasteiger partial charge in [0.05, 0.1) is 9.35 Å². The fourth-order valence-electron chi connectivity index (χ4n) is 1.20. The molecule has 1 aromatic heterocycles. The van der Waals surface area contributed by atoms with Gasteiger partial charge >= 0.3 is 11.9 Å². The first kappa shape index (κ1) is 14.7. The zero-order valence-electron chi connectivity index (χ0n) is 9.05. The zero-order chi connectivity index (χ0) is 13.7. The van der Waals surface area contributed by atoms with Crippen LogP contribution >= 0.6 is 27.3 Å². The van der Waals surface area contributed by atoms with E-state index in [1.165, 1.54) is 11.3 Å². The third kappa shape index (κ3) is 4.46. The number of carbonyl (C=O) groups is 3. The van der Waals surface area contributed by atoms with Crippen molar-refractivity contribution in [2.75, 3.05) is 0 Å². The second kappa shape index (κ2) is 6.50. The first-order valence-electron chi connectivity index (χ1n) is 4.89. The summed E-state index contributed by atoms with van der Waals surface area (Å²) in [7, 11) is 0. The van der Waals surface area contributed by atoms with E-state index in [9.17, 15) is 14.4 Å². The summed E-state index contributed by atoms with van der Waals surface area (Å²) in [4.78, 5) is 32.9. The molecule has 8 heteroatoms. The SMILES string of the molecule is O=C(O)CC[C@H](NC(=O)c1csc(Br)c1)C(=O)O. The molecule has 18 heavy (non-hydrogen) atoms. The second-order valence-electron chi connectivity index (χ2n) is 3.44. The molecule has 1 rings (SSSR count). The number of amides is 1. The van der Waals surface area contributed by atoms with Crippen LogP contribution in [0.3, 0.4) is 0 Å². The van der Waals surface area contributed by atoms with Crippen LogP contribution in [0.5, 0.6) is 0 Å². The second-order valence-corrected chi connectivity index (χ2v) is 5.73. The Balaban J connectivity index is 2.63. The van der Waals surface area contributed by atoms with Gasteiger partial charge in [-0.2, -0.15) is 0 Å². The van der Waals surface area contributed by atoms with Crippen LogP contribution in [0, 0.1) is 0 Å². The van der Waals surface area contributed by atoms with Gasteiger partial charge in [-0.1, -0.05) is 0 Å². The first-order valence-corrected chi connectivity index (χ1v) is 6.57. The lowest BCUT2D eigenvalue weighted by atomic mass is 10.1. The fourth-order valence-corrected chi connectivity index (χ4v) is 2.33.